The molecule has 3 atom stereocenters. The molecule has 0 radical (unpaired) electrons. The molecule has 3 saturated carbocycles. The minimum Gasteiger partial charge on any atom is -0.390 e. The molecule has 5 aliphatic rings. The molecule has 3 heterocycles. The Morgan fingerprint density at radius 3 is 2.59 bits per heavy atom. The van der Waals surface area contributed by atoms with Crippen molar-refractivity contribution < 1.29 is 9.90 Å². The van der Waals surface area contributed by atoms with E-state index in [2.05, 4.69) is 47.8 Å². The van der Waals surface area contributed by atoms with Crippen LogP contribution in [0.5, 0.6) is 0 Å². The summed E-state index contributed by atoms with van der Waals surface area (Å²) >= 11 is 0. The van der Waals surface area contributed by atoms with Gasteiger partial charge in [0.25, 0.3) is 0 Å². The Hall–Kier alpha value is -1.81. The molecule has 2 aliphatic heterocycles. The van der Waals surface area contributed by atoms with Gasteiger partial charge < -0.3 is 14.6 Å². The molecule has 3 aliphatic carbocycles. The van der Waals surface area contributed by atoms with Crippen molar-refractivity contribution in [3.05, 3.63) is 35.5 Å². The van der Waals surface area contributed by atoms with E-state index in [0.29, 0.717) is 24.2 Å². The van der Waals surface area contributed by atoms with Crippen LogP contribution in [-0.2, 0) is 11.8 Å². The number of hydrogen-bond donors (Lipinski definition) is 1. The molecule has 2 aromatic rings. The predicted molar refractivity (Wildman–Crippen MR) is 114 cm³/mol. The fourth-order valence-corrected chi connectivity index (χ4v) is 7.09. The van der Waals surface area contributed by atoms with Gasteiger partial charge in [0.2, 0.25) is 5.91 Å². The van der Waals surface area contributed by atoms with Crippen LogP contribution in [0.1, 0.15) is 81.3 Å². The first-order valence-corrected chi connectivity index (χ1v) is 11.5. The lowest BCUT2D eigenvalue weighted by Gasteiger charge is -2.59. The highest BCUT2D eigenvalue weighted by molar-refractivity contribution is 5.89. The van der Waals surface area contributed by atoms with Crippen molar-refractivity contribution in [2.75, 3.05) is 0 Å². The molecule has 4 heteroatoms. The van der Waals surface area contributed by atoms with Crippen LogP contribution in [0, 0.1) is 5.92 Å². The predicted octanol–water partition coefficient (Wildman–Crippen LogP) is 4.45. The lowest BCUT2D eigenvalue weighted by molar-refractivity contribution is -0.174. The fourth-order valence-electron chi connectivity index (χ4n) is 7.09. The number of carbonyl (C=O) groups excluding carboxylic acids is 1. The Kier molecular flexibility index (Phi) is 3.79. The zero-order valence-electron chi connectivity index (χ0n) is 17.6. The van der Waals surface area contributed by atoms with Crippen LogP contribution in [0.15, 0.2) is 24.4 Å². The lowest BCUT2D eigenvalue weighted by Crippen LogP contribution is -2.65. The SMILES string of the molecule is CC(CC(=O)N1C2CC3CC1CC(O)(C3)C2)c1cn(C)c2cccc(C3CC3)c12. The van der Waals surface area contributed by atoms with Gasteiger partial charge in [-0.05, 0) is 79.9 Å². The molecule has 1 N–H and O–H groups in total. The van der Waals surface area contributed by atoms with Gasteiger partial charge in [-0.15, -0.1) is 0 Å². The molecule has 1 aromatic heterocycles. The average molecular weight is 393 g/mol. The minimum absolute atomic E-state index is 0.214. The zero-order chi connectivity index (χ0) is 19.9. The summed E-state index contributed by atoms with van der Waals surface area (Å²) in [5.74, 6) is 1.84. The lowest BCUT2D eigenvalue weighted by atomic mass is 9.61. The van der Waals surface area contributed by atoms with Gasteiger partial charge in [-0.3, -0.25) is 4.79 Å². The number of nitrogens with zero attached hydrogens (tertiary/aromatic N) is 2. The third-order valence-electron chi connectivity index (χ3n) is 8.29. The van der Waals surface area contributed by atoms with Gasteiger partial charge >= 0.3 is 0 Å². The summed E-state index contributed by atoms with van der Waals surface area (Å²) in [7, 11) is 2.12. The van der Waals surface area contributed by atoms with Crippen molar-refractivity contribution >= 4 is 16.8 Å². The molecule has 29 heavy (non-hydrogen) atoms. The molecular formula is C25H32N2O2. The zero-order valence-corrected chi connectivity index (χ0v) is 17.6. The van der Waals surface area contributed by atoms with E-state index >= 15 is 0 Å². The third-order valence-corrected chi connectivity index (χ3v) is 8.29. The molecular weight excluding hydrogens is 360 g/mol. The Labute approximate surface area is 172 Å². The van der Waals surface area contributed by atoms with Crippen molar-refractivity contribution in [3.8, 4) is 0 Å². The van der Waals surface area contributed by atoms with Crippen LogP contribution in [0.3, 0.4) is 0 Å². The largest absolute Gasteiger partial charge is 0.390 e. The molecule has 7 rings (SSSR count). The average Bonchev–Trinajstić information content (AvgIpc) is 3.43. The van der Waals surface area contributed by atoms with Crippen LogP contribution in [0.2, 0.25) is 0 Å². The van der Waals surface area contributed by atoms with Gasteiger partial charge in [0.15, 0.2) is 0 Å². The maximum atomic E-state index is 13.4. The number of fused-ring (bicyclic) bond motifs is 1. The topological polar surface area (TPSA) is 45.5 Å². The molecule has 1 amide bonds. The number of benzene rings is 1. The van der Waals surface area contributed by atoms with Gasteiger partial charge in [0.1, 0.15) is 0 Å². The highest BCUT2D eigenvalue weighted by Crippen LogP contribution is 2.52. The molecule has 154 valence electrons. The molecule has 4 nitrogen and oxygen atoms in total. The molecule has 4 bridgehead atoms. The van der Waals surface area contributed by atoms with Gasteiger partial charge in [-0.25, -0.2) is 0 Å². The van der Waals surface area contributed by atoms with E-state index < -0.39 is 5.60 Å². The van der Waals surface area contributed by atoms with Crippen LogP contribution in [-0.4, -0.2) is 38.2 Å². The Morgan fingerprint density at radius 1 is 1.21 bits per heavy atom. The standard InChI is InChI=1S/C25H32N2O2/c1-15(21-14-26(2)22-5-3-4-20(24(21)22)17-6-7-17)8-23(28)27-18-9-16-10-19(27)13-25(29,11-16)12-18/h3-5,14-19,29H,6-13H2,1-2H3. The molecule has 1 aromatic carbocycles. The fraction of sp³-hybridized carbons (Fsp3) is 0.640. The molecule has 2 saturated heterocycles. The van der Waals surface area contributed by atoms with Crippen molar-refractivity contribution in [1.29, 1.82) is 0 Å². The van der Waals surface area contributed by atoms with Gasteiger partial charge in [-0.2, -0.15) is 0 Å². The number of amides is 1. The van der Waals surface area contributed by atoms with Crippen molar-refractivity contribution in [2.45, 2.75) is 87.8 Å². The summed E-state index contributed by atoms with van der Waals surface area (Å²) in [5.41, 5.74) is 3.62. The first-order chi connectivity index (χ1) is 13.9. The second-order valence-corrected chi connectivity index (χ2v) is 10.6. The monoisotopic (exact) mass is 392 g/mol. The second-order valence-electron chi connectivity index (χ2n) is 10.6. The number of aromatic nitrogens is 1. The van der Waals surface area contributed by atoms with Gasteiger partial charge in [0, 0.05) is 42.7 Å². The van der Waals surface area contributed by atoms with Crippen LogP contribution < -0.4 is 0 Å². The number of rotatable bonds is 4. The van der Waals surface area contributed by atoms with Crippen LogP contribution in [0.25, 0.3) is 10.9 Å². The Bertz CT molecular complexity index is 972. The normalized spacial score (nSPS) is 34.2. The third kappa shape index (κ3) is 2.78. The van der Waals surface area contributed by atoms with E-state index in [-0.39, 0.29) is 18.0 Å². The first kappa shape index (κ1) is 18.0. The van der Waals surface area contributed by atoms with E-state index in [9.17, 15) is 9.90 Å². The minimum atomic E-state index is -0.492. The second kappa shape index (κ2) is 6.10. The Balaban J connectivity index is 1.28. The van der Waals surface area contributed by atoms with E-state index in [1.54, 1.807) is 0 Å². The number of carbonyl (C=O) groups is 1. The van der Waals surface area contributed by atoms with Crippen LogP contribution in [0.4, 0.5) is 0 Å². The van der Waals surface area contributed by atoms with Crippen molar-refractivity contribution in [3.63, 3.8) is 0 Å². The van der Waals surface area contributed by atoms with E-state index in [1.165, 1.54) is 34.9 Å². The van der Waals surface area contributed by atoms with Gasteiger partial charge in [-0.1, -0.05) is 19.1 Å². The number of piperidine rings is 2. The van der Waals surface area contributed by atoms with E-state index in [1.807, 2.05) is 0 Å². The molecule has 0 spiro atoms. The van der Waals surface area contributed by atoms with Crippen LogP contribution >= 0.6 is 0 Å². The maximum Gasteiger partial charge on any atom is 0.223 e. The summed E-state index contributed by atoms with van der Waals surface area (Å²) in [6.07, 6.45) is 10.2. The highest BCUT2D eigenvalue weighted by atomic mass is 16.3. The first-order valence-electron chi connectivity index (χ1n) is 11.5. The highest BCUT2D eigenvalue weighted by Gasteiger charge is 2.54. The quantitative estimate of drug-likeness (QED) is 0.835. The summed E-state index contributed by atoms with van der Waals surface area (Å²) in [6.45, 7) is 2.22. The van der Waals surface area contributed by atoms with Crippen molar-refractivity contribution in [1.82, 2.24) is 9.47 Å². The molecule has 3 unspecified atom stereocenters. The van der Waals surface area contributed by atoms with E-state index in [0.717, 1.165) is 32.1 Å². The summed E-state index contributed by atoms with van der Waals surface area (Å²) in [6, 6.07) is 7.21. The smallest absolute Gasteiger partial charge is 0.223 e. The number of aryl methyl sites for hydroxylation is 1. The summed E-state index contributed by atoms with van der Waals surface area (Å²) < 4.78 is 2.23. The Morgan fingerprint density at radius 2 is 1.93 bits per heavy atom. The number of aliphatic hydroxyl groups is 1. The summed E-state index contributed by atoms with van der Waals surface area (Å²) in [5, 5.41) is 12.2. The maximum absolute atomic E-state index is 13.4. The molecule has 5 fully saturated rings. The van der Waals surface area contributed by atoms with Gasteiger partial charge in [0.05, 0.1) is 5.60 Å². The van der Waals surface area contributed by atoms with E-state index in [4.69, 9.17) is 0 Å². The van der Waals surface area contributed by atoms with Crippen molar-refractivity contribution in [2.24, 2.45) is 13.0 Å². The number of hydrogen-bond acceptors (Lipinski definition) is 2. The summed E-state index contributed by atoms with van der Waals surface area (Å²) in [4.78, 5) is 15.6.